The second kappa shape index (κ2) is 20.7. The summed E-state index contributed by atoms with van der Waals surface area (Å²) in [6.07, 6.45) is 14.7. The first kappa shape index (κ1) is 46.8. The normalized spacial score (nSPS) is 34.0. The fourth-order valence-electron chi connectivity index (χ4n) is 8.48. The number of Topliss-reactive ketones (excluding diaryl/α,β-unsaturated/α-hetero) is 2. The van der Waals surface area contributed by atoms with Crippen LogP contribution < -0.4 is 0 Å². The zero-order chi connectivity index (χ0) is 41.2. The lowest BCUT2D eigenvalue weighted by Gasteiger charge is -2.55. The summed E-state index contributed by atoms with van der Waals surface area (Å²) in [6, 6.07) is 0. The van der Waals surface area contributed by atoms with E-state index in [0.29, 0.717) is 31.3 Å². The van der Waals surface area contributed by atoms with E-state index in [9.17, 15) is 29.7 Å². The van der Waals surface area contributed by atoms with E-state index in [0.717, 1.165) is 25.7 Å². The molecule has 10 heteroatoms. The molecule has 0 amide bonds. The minimum Gasteiger partial charge on any atom is -0.484 e. The minimum absolute atomic E-state index is 0.0251. The first-order valence-corrected chi connectivity index (χ1v) is 20.9. The van der Waals surface area contributed by atoms with Crippen LogP contribution in [0.15, 0.2) is 48.3 Å². The molecule has 3 aliphatic heterocycles. The van der Waals surface area contributed by atoms with E-state index in [1.54, 1.807) is 47.6 Å². The summed E-state index contributed by atoms with van der Waals surface area (Å²) in [5.74, 6) is -2.72. The number of carbonyl (C=O) groups is 3. The third-order valence-corrected chi connectivity index (χ3v) is 12.7. The molecule has 3 heterocycles. The van der Waals surface area contributed by atoms with Crippen LogP contribution in [0.4, 0.5) is 0 Å². The molecule has 0 bridgehead atoms. The van der Waals surface area contributed by atoms with Crippen LogP contribution in [-0.2, 0) is 33.3 Å². The zero-order valence-corrected chi connectivity index (χ0v) is 35.4. The Balaban J connectivity index is 1.72. The smallest absolute Gasteiger partial charge is 0.330 e. The maximum absolute atomic E-state index is 13.4. The summed E-state index contributed by atoms with van der Waals surface area (Å²) < 4.78 is 25.6. The number of aliphatic hydroxyl groups excluding tert-OH is 3. The number of hydrogen-bond acceptors (Lipinski definition) is 10. The molecule has 0 radical (unpaired) electrons. The Kier molecular flexibility index (Phi) is 17.6. The van der Waals surface area contributed by atoms with Crippen LogP contribution in [-0.4, -0.2) is 80.9 Å². The van der Waals surface area contributed by atoms with Crippen LogP contribution in [0.1, 0.15) is 128 Å². The van der Waals surface area contributed by atoms with E-state index in [-0.39, 0.29) is 53.4 Å². The van der Waals surface area contributed by atoms with Crippen molar-refractivity contribution in [1.82, 2.24) is 0 Å². The van der Waals surface area contributed by atoms with Gasteiger partial charge in [-0.1, -0.05) is 85.8 Å². The Morgan fingerprint density at radius 3 is 2.29 bits per heavy atom. The molecule has 2 saturated heterocycles. The molecular formula is C45H72O10. The molecule has 0 aromatic heterocycles. The van der Waals surface area contributed by atoms with Gasteiger partial charge in [-0.2, -0.15) is 0 Å². The lowest BCUT2D eigenvalue weighted by molar-refractivity contribution is -0.371. The first-order chi connectivity index (χ1) is 25.8. The van der Waals surface area contributed by atoms with Gasteiger partial charge in [-0.05, 0) is 77.0 Å². The number of allylic oxidation sites excluding steroid dienone is 4. The van der Waals surface area contributed by atoms with Gasteiger partial charge in [0, 0.05) is 48.2 Å². The third-order valence-electron chi connectivity index (χ3n) is 12.7. The van der Waals surface area contributed by atoms with Gasteiger partial charge >= 0.3 is 5.97 Å². The van der Waals surface area contributed by atoms with Crippen LogP contribution >= 0.6 is 0 Å². The number of carbonyl (C=O) groups excluding carboxylic acids is 3. The molecule has 0 aromatic rings. The number of aliphatic hydroxyl groups is 3. The van der Waals surface area contributed by atoms with Gasteiger partial charge in [-0.25, -0.2) is 4.79 Å². The minimum atomic E-state index is -1.25. The highest BCUT2D eigenvalue weighted by atomic mass is 16.7. The molecule has 1 spiro atoms. The number of ether oxygens (including phenoxy) is 4. The van der Waals surface area contributed by atoms with Gasteiger partial charge in [0.05, 0.1) is 30.7 Å². The van der Waals surface area contributed by atoms with Crippen LogP contribution in [0.2, 0.25) is 0 Å². The van der Waals surface area contributed by atoms with Gasteiger partial charge in [-0.15, -0.1) is 0 Å². The molecular weight excluding hydrogens is 700 g/mol. The van der Waals surface area contributed by atoms with Crippen molar-refractivity contribution in [2.45, 2.75) is 176 Å². The summed E-state index contributed by atoms with van der Waals surface area (Å²) in [6.45, 7) is 20.7. The van der Waals surface area contributed by atoms with Gasteiger partial charge in [-0.3, -0.25) is 9.59 Å². The van der Waals surface area contributed by atoms with E-state index in [4.69, 9.17) is 18.9 Å². The summed E-state index contributed by atoms with van der Waals surface area (Å²) in [5.41, 5.74) is -0.736. The average Bonchev–Trinajstić information content (AvgIpc) is 3.42. The van der Waals surface area contributed by atoms with E-state index in [2.05, 4.69) is 26.8 Å². The van der Waals surface area contributed by atoms with Crippen molar-refractivity contribution in [3.05, 3.63) is 48.3 Å². The fraction of sp³-hybridized carbons (Fsp3) is 0.756. The van der Waals surface area contributed by atoms with Crippen LogP contribution in [0.5, 0.6) is 0 Å². The van der Waals surface area contributed by atoms with Gasteiger partial charge < -0.3 is 34.3 Å². The molecule has 55 heavy (non-hydrogen) atoms. The van der Waals surface area contributed by atoms with Gasteiger partial charge in [0.15, 0.2) is 11.4 Å². The Morgan fingerprint density at radius 2 is 1.69 bits per heavy atom. The van der Waals surface area contributed by atoms with Crippen molar-refractivity contribution < 1.29 is 48.7 Å². The van der Waals surface area contributed by atoms with Crippen molar-refractivity contribution in [3.63, 3.8) is 0 Å². The van der Waals surface area contributed by atoms with Gasteiger partial charge in [0.25, 0.3) is 0 Å². The molecule has 0 aliphatic carbocycles. The third kappa shape index (κ3) is 11.7. The average molecular weight is 773 g/mol. The van der Waals surface area contributed by atoms with Gasteiger partial charge in [0.1, 0.15) is 18.0 Å². The predicted octanol–water partition coefficient (Wildman–Crippen LogP) is 7.59. The van der Waals surface area contributed by atoms with Crippen LogP contribution in [0.3, 0.4) is 0 Å². The van der Waals surface area contributed by atoms with Crippen molar-refractivity contribution in [3.8, 4) is 0 Å². The lowest BCUT2D eigenvalue weighted by Crippen LogP contribution is -2.62. The van der Waals surface area contributed by atoms with Crippen molar-refractivity contribution >= 4 is 17.5 Å². The Hall–Kier alpha value is -2.63. The first-order valence-electron chi connectivity index (χ1n) is 20.9. The molecule has 0 unspecified atom stereocenters. The Morgan fingerprint density at radius 1 is 1.02 bits per heavy atom. The van der Waals surface area contributed by atoms with Crippen LogP contribution in [0, 0.1) is 41.4 Å². The molecule has 2 fully saturated rings. The largest absolute Gasteiger partial charge is 0.484 e. The van der Waals surface area contributed by atoms with E-state index in [1.807, 2.05) is 32.1 Å². The second-order valence-electron chi connectivity index (χ2n) is 17.2. The molecule has 312 valence electrons. The molecule has 3 rings (SSSR count). The van der Waals surface area contributed by atoms with Gasteiger partial charge in [0.2, 0.25) is 5.78 Å². The molecule has 15 atom stereocenters. The molecule has 3 aliphatic rings. The molecule has 0 aromatic carbocycles. The number of ketones is 2. The van der Waals surface area contributed by atoms with Crippen molar-refractivity contribution in [1.29, 1.82) is 0 Å². The zero-order valence-electron chi connectivity index (χ0n) is 35.4. The van der Waals surface area contributed by atoms with Crippen molar-refractivity contribution in [2.24, 2.45) is 41.4 Å². The number of hydrogen-bond donors (Lipinski definition) is 3. The molecule has 0 saturated carbocycles. The lowest BCUT2D eigenvalue weighted by atomic mass is 9.74. The predicted molar refractivity (Wildman–Crippen MR) is 213 cm³/mol. The maximum Gasteiger partial charge on any atom is 0.330 e. The highest BCUT2D eigenvalue weighted by Crippen LogP contribution is 2.49. The molecule has 10 nitrogen and oxygen atoms in total. The summed E-state index contributed by atoms with van der Waals surface area (Å²) in [5, 5.41) is 31.9. The standard InChI is InChI=1S/C45H72O10/c1-12-35(18-16-14-15-17-29(5)42(50)44(11)43(51)30(6)26-52-44)20-21-37-33(9)41(53-39(48)22-19-28(4)40(49)32(8)36(47)13-2)34(10)45(54-37)24-23-27(3)38(55-45)25-31(7)46/h14-16,18-19,22,26-29,31-35,37-38,40-42,46,49-50H,12-13,17,20-21,23-25H2,1-11H3/b15-14+,18-16+,22-19+/t27-,28-,29+,31+,32+,33+,34+,35-,37-,38-,40+,41+,42-,44+,45-/m0/s1. The van der Waals surface area contributed by atoms with E-state index in [1.165, 1.54) is 12.3 Å². The number of rotatable bonds is 19. The maximum atomic E-state index is 13.4. The molecule has 3 N–H and O–H groups in total. The topological polar surface area (TPSA) is 149 Å². The highest BCUT2D eigenvalue weighted by molar-refractivity contribution is 6.03. The van der Waals surface area contributed by atoms with E-state index >= 15 is 0 Å². The summed E-state index contributed by atoms with van der Waals surface area (Å²) in [4.78, 5) is 38.1. The highest BCUT2D eigenvalue weighted by Gasteiger charge is 2.56. The number of esters is 1. The fourth-order valence-corrected chi connectivity index (χ4v) is 8.48. The monoisotopic (exact) mass is 773 g/mol. The SMILES string of the molecule is CCC(=O)[C@@H](C)[C@H](O)[C@@H](C)/C=C/C(=O)O[C@@H]1[C@H](C)[C@H](CC[C@H](/C=C/C=C/C[C@@H](C)[C@H](O)[C@@]2(C)OC=C(C)C2=O)CC)O[C@]2(CC[C@H](C)[C@H](C[C@@H](C)O)O2)[C@@H]1C. The van der Waals surface area contributed by atoms with Crippen molar-refractivity contribution in [2.75, 3.05) is 0 Å². The van der Waals surface area contributed by atoms with Crippen LogP contribution in [0.25, 0.3) is 0 Å². The summed E-state index contributed by atoms with van der Waals surface area (Å²) >= 11 is 0. The second-order valence-corrected chi connectivity index (χ2v) is 17.2. The van der Waals surface area contributed by atoms with E-state index < -0.39 is 53.6 Å². The summed E-state index contributed by atoms with van der Waals surface area (Å²) in [7, 11) is 0. The Bertz CT molecular complexity index is 1400. The quantitative estimate of drug-likeness (QED) is 0.0682. The Labute approximate surface area is 330 Å².